The largest absolute Gasteiger partial charge is 0.375 e. The Morgan fingerprint density at radius 1 is 1.32 bits per heavy atom. The van der Waals surface area contributed by atoms with Gasteiger partial charge in [-0.3, -0.25) is 0 Å². The third-order valence-corrected chi connectivity index (χ3v) is 6.45. The molecule has 19 heavy (non-hydrogen) atoms. The van der Waals surface area contributed by atoms with Crippen molar-refractivity contribution in [1.29, 1.82) is 0 Å². The molecule has 0 bridgehead atoms. The first-order chi connectivity index (χ1) is 9.19. The second-order valence-corrected chi connectivity index (χ2v) is 8.51. The molecule has 2 heterocycles. The smallest absolute Gasteiger partial charge is 0.0701 e. The predicted octanol–water partition coefficient (Wildman–Crippen LogP) is 4.64. The monoisotopic (exact) mass is 343 g/mol. The van der Waals surface area contributed by atoms with E-state index in [1.807, 2.05) is 0 Å². The molecule has 1 aliphatic heterocycles. The fraction of sp³-hybridized carbons (Fsp3) is 0.733. The standard InChI is InChI=1S/C15H22BrNOS/c16-13-5-4-12(19-13)14(17)11-6-9-18-15(10-11)7-2-1-3-8-15/h4-5,11,14H,1-3,6-10,17H2. The summed E-state index contributed by atoms with van der Waals surface area (Å²) in [6.45, 7) is 0.894. The van der Waals surface area contributed by atoms with E-state index in [-0.39, 0.29) is 11.6 Å². The molecule has 2 fully saturated rings. The van der Waals surface area contributed by atoms with Gasteiger partial charge in [0.25, 0.3) is 0 Å². The van der Waals surface area contributed by atoms with Gasteiger partial charge in [-0.15, -0.1) is 11.3 Å². The second-order valence-electron chi connectivity index (χ2n) is 6.01. The van der Waals surface area contributed by atoms with E-state index in [2.05, 4.69) is 28.1 Å². The van der Waals surface area contributed by atoms with E-state index in [1.54, 1.807) is 11.3 Å². The van der Waals surface area contributed by atoms with Crippen molar-refractivity contribution in [2.45, 2.75) is 56.6 Å². The maximum Gasteiger partial charge on any atom is 0.0701 e. The van der Waals surface area contributed by atoms with Gasteiger partial charge in [0.15, 0.2) is 0 Å². The minimum atomic E-state index is 0.160. The number of thiophene rings is 1. The molecule has 0 aromatic carbocycles. The molecule has 1 spiro atoms. The minimum absolute atomic E-state index is 0.160. The molecule has 1 aliphatic carbocycles. The molecular formula is C15H22BrNOS. The SMILES string of the molecule is NC(c1ccc(Br)s1)C1CCOC2(CCCCC2)C1. The van der Waals surface area contributed by atoms with Crippen LogP contribution in [0.3, 0.4) is 0 Å². The quantitative estimate of drug-likeness (QED) is 0.848. The summed E-state index contributed by atoms with van der Waals surface area (Å²) < 4.78 is 7.34. The van der Waals surface area contributed by atoms with Crippen LogP contribution in [0.25, 0.3) is 0 Å². The van der Waals surface area contributed by atoms with Crippen molar-refractivity contribution in [3.8, 4) is 0 Å². The zero-order chi connectivity index (χ0) is 13.3. The highest BCUT2D eigenvalue weighted by Crippen LogP contribution is 2.44. The molecule has 2 aliphatic rings. The Kier molecular flexibility index (Phi) is 4.32. The maximum absolute atomic E-state index is 6.51. The molecule has 0 radical (unpaired) electrons. The number of ether oxygens (including phenoxy) is 1. The number of hydrogen-bond donors (Lipinski definition) is 1. The average molecular weight is 344 g/mol. The number of nitrogens with two attached hydrogens (primary N) is 1. The number of halogens is 1. The third-order valence-electron chi connectivity index (χ3n) is 4.73. The Morgan fingerprint density at radius 3 is 2.79 bits per heavy atom. The fourth-order valence-corrected chi connectivity index (χ4v) is 5.18. The Morgan fingerprint density at radius 2 is 2.11 bits per heavy atom. The predicted molar refractivity (Wildman–Crippen MR) is 83.4 cm³/mol. The molecule has 1 saturated heterocycles. The molecule has 3 rings (SSSR count). The highest BCUT2D eigenvalue weighted by atomic mass is 79.9. The first kappa shape index (κ1) is 14.1. The average Bonchev–Trinajstić information content (AvgIpc) is 2.85. The van der Waals surface area contributed by atoms with Crippen molar-refractivity contribution in [2.75, 3.05) is 6.61 Å². The zero-order valence-corrected chi connectivity index (χ0v) is 13.6. The van der Waals surface area contributed by atoms with Crippen molar-refractivity contribution in [3.63, 3.8) is 0 Å². The van der Waals surface area contributed by atoms with E-state index in [1.165, 1.54) is 40.8 Å². The summed E-state index contributed by atoms with van der Waals surface area (Å²) in [6, 6.07) is 4.46. The summed E-state index contributed by atoms with van der Waals surface area (Å²) >= 11 is 5.31. The first-order valence-electron chi connectivity index (χ1n) is 7.33. The molecule has 1 saturated carbocycles. The Hall–Kier alpha value is 0.1000. The maximum atomic E-state index is 6.51. The van der Waals surface area contributed by atoms with Gasteiger partial charge >= 0.3 is 0 Å². The van der Waals surface area contributed by atoms with Crippen LogP contribution in [0.5, 0.6) is 0 Å². The van der Waals surface area contributed by atoms with E-state index in [0.29, 0.717) is 5.92 Å². The van der Waals surface area contributed by atoms with E-state index >= 15 is 0 Å². The normalized spacial score (nSPS) is 28.4. The van der Waals surface area contributed by atoms with Gasteiger partial charge in [0.1, 0.15) is 0 Å². The molecular weight excluding hydrogens is 322 g/mol. The summed E-state index contributed by atoms with van der Waals surface area (Å²) in [5.41, 5.74) is 6.67. The second kappa shape index (κ2) is 5.84. The highest BCUT2D eigenvalue weighted by Gasteiger charge is 2.40. The first-order valence-corrected chi connectivity index (χ1v) is 8.94. The van der Waals surface area contributed by atoms with Crippen LogP contribution >= 0.6 is 27.3 Å². The fourth-order valence-electron chi connectivity index (χ4n) is 3.66. The van der Waals surface area contributed by atoms with Gasteiger partial charge in [0.05, 0.1) is 9.39 Å². The van der Waals surface area contributed by atoms with Crippen LogP contribution < -0.4 is 5.73 Å². The van der Waals surface area contributed by atoms with Crippen molar-refractivity contribution in [1.82, 2.24) is 0 Å². The summed E-state index contributed by atoms with van der Waals surface area (Å²) in [6.07, 6.45) is 8.77. The van der Waals surface area contributed by atoms with Crippen molar-refractivity contribution >= 4 is 27.3 Å². The van der Waals surface area contributed by atoms with Crippen LogP contribution in [-0.4, -0.2) is 12.2 Å². The Labute approximate surface area is 127 Å². The molecule has 2 nitrogen and oxygen atoms in total. The molecule has 2 N–H and O–H groups in total. The zero-order valence-electron chi connectivity index (χ0n) is 11.2. The summed E-state index contributed by atoms with van der Waals surface area (Å²) in [7, 11) is 0. The van der Waals surface area contributed by atoms with E-state index in [0.717, 1.165) is 19.4 Å². The summed E-state index contributed by atoms with van der Waals surface area (Å²) in [5, 5.41) is 0. The Balaban J connectivity index is 1.70. The lowest BCUT2D eigenvalue weighted by Crippen LogP contribution is -2.43. The third kappa shape index (κ3) is 3.07. The van der Waals surface area contributed by atoms with Crippen LogP contribution in [0, 0.1) is 5.92 Å². The van der Waals surface area contributed by atoms with E-state index in [4.69, 9.17) is 10.5 Å². The summed E-state index contributed by atoms with van der Waals surface area (Å²) in [5.74, 6) is 0.581. The lowest BCUT2D eigenvalue weighted by molar-refractivity contribution is -0.120. The van der Waals surface area contributed by atoms with E-state index < -0.39 is 0 Å². The van der Waals surface area contributed by atoms with Crippen molar-refractivity contribution < 1.29 is 4.74 Å². The number of rotatable bonds is 2. The molecule has 2 atom stereocenters. The van der Waals surface area contributed by atoms with Gasteiger partial charge in [-0.05, 0) is 59.7 Å². The van der Waals surface area contributed by atoms with Crippen LogP contribution in [0.2, 0.25) is 0 Å². The lowest BCUT2D eigenvalue weighted by Gasteiger charge is -2.44. The molecule has 0 amide bonds. The molecule has 4 heteroatoms. The van der Waals surface area contributed by atoms with Gasteiger partial charge in [-0.25, -0.2) is 0 Å². The minimum Gasteiger partial charge on any atom is -0.375 e. The van der Waals surface area contributed by atoms with Crippen LogP contribution in [0.4, 0.5) is 0 Å². The van der Waals surface area contributed by atoms with Gasteiger partial charge in [-0.2, -0.15) is 0 Å². The number of hydrogen-bond acceptors (Lipinski definition) is 3. The van der Waals surface area contributed by atoms with Gasteiger partial charge in [0.2, 0.25) is 0 Å². The van der Waals surface area contributed by atoms with Gasteiger partial charge < -0.3 is 10.5 Å². The van der Waals surface area contributed by atoms with Crippen molar-refractivity contribution in [2.24, 2.45) is 11.7 Å². The van der Waals surface area contributed by atoms with Crippen molar-refractivity contribution in [3.05, 3.63) is 20.8 Å². The van der Waals surface area contributed by atoms with Gasteiger partial charge in [-0.1, -0.05) is 19.3 Å². The van der Waals surface area contributed by atoms with Gasteiger partial charge in [0, 0.05) is 17.5 Å². The van der Waals surface area contributed by atoms with E-state index in [9.17, 15) is 0 Å². The molecule has 1 aromatic heterocycles. The molecule has 1 aromatic rings. The lowest BCUT2D eigenvalue weighted by atomic mass is 9.74. The Bertz CT molecular complexity index is 422. The topological polar surface area (TPSA) is 35.2 Å². The summed E-state index contributed by atoms with van der Waals surface area (Å²) in [4.78, 5) is 1.31. The molecule has 106 valence electrons. The molecule has 2 unspecified atom stereocenters. The van der Waals surface area contributed by atoms with Crippen LogP contribution in [-0.2, 0) is 4.74 Å². The van der Waals surface area contributed by atoms with Crippen LogP contribution in [0.1, 0.15) is 55.9 Å². The van der Waals surface area contributed by atoms with Crippen LogP contribution in [0.15, 0.2) is 15.9 Å². The highest BCUT2D eigenvalue weighted by molar-refractivity contribution is 9.11.